The van der Waals surface area contributed by atoms with Crippen molar-refractivity contribution in [2.45, 2.75) is 13.3 Å². The number of nitrogens with one attached hydrogen (secondary N) is 1. The van der Waals surface area contributed by atoms with Crippen LogP contribution in [0.2, 0.25) is 0 Å². The molecular formula is C17H23N3O6S. The average molecular weight is 397 g/mol. The molecule has 0 unspecified atom stereocenters. The van der Waals surface area contributed by atoms with Gasteiger partial charge in [0.05, 0.1) is 19.9 Å². The largest absolute Gasteiger partial charge is 0.497 e. The highest BCUT2D eigenvalue weighted by Gasteiger charge is 2.21. The van der Waals surface area contributed by atoms with Crippen LogP contribution in [0.5, 0.6) is 11.5 Å². The van der Waals surface area contributed by atoms with Crippen molar-refractivity contribution in [1.29, 1.82) is 0 Å². The van der Waals surface area contributed by atoms with Crippen LogP contribution in [0.15, 0.2) is 34.9 Å². The van der Waals surface area contributed by atoms with Gasteiger partial charge < -0.3 is 19.3 Å². The molecule has 1 aromatic carbocycles. The second-order valence-electron chi connectivity index (χ2n) is 5.75. The van der Waals surface area contributed by atoms with E-state index in [-0.39, 0.29) is 31.3 Å². The lowest BCUT2D eigenvalue weighted by atomic mass is 10.3. The number of hydrogen-bond donors (Lipinski definition) is 1. The topological polar surface area (TPSA) is 111 Å². The molecule has 1 N–H and O–H groups in total. The van der Waals surface area contributed by atoms with Crippen molar-refractivity contribution in [3.8, 4) is 11.5 Å². The van der Waals surface area contributed by atoms with Gasteiger partial charge in [0.25, 0.3) is 0 Å². The molecule has 0 radical (unpaired) electrons. The van der Waals surface area contributed by atoms with Crippen LogP contribution in [0, 0.1) is 6.92 Å². The van der Waals surface area contributed by atoms with Crippen molar-refractivity contribution in [3.05, 3.63) is 36.1 Å². The predicted molar refractivity (Wildman–Crippen MR) is 99.5 cm³/mol. The first kappa shape index (κ1) is 20.6. The summed E-state index contributed by atoms with van der Waals surface area (Å²) in [5.74, 6) is 1.75. The van der Waals surface area contributed by atoms with Crippen molar-refractivity contribution in [2.75, 3.05) is 37.4 Å². The standard InChI is InChI=1S/C17H23N3O6S/c1-13-12-16(19-26-13)20(27(3,22)23)10-8-17(21)18-9-11-25-15-6-4-14(24-2)5-7-15/h4-7,12H,8-11H2,1-3H3,(H,18,21). The Kier molecular flexibility index (Phi) is 7.05. The van der Waals surface area contributed by atoms with Gasteiger partial charge in [0, 0.05) is 19.0 Å². The third-order valence-corrected chi connectivity index (χ3v) is 4.74. The molecule has 1 amide bonds. The lowest BCUT2D eigenvalue weighted by Gasteiger charge is -2.18. The number of carbonyl (C=O) groups is 1. The van der Waals surface area contributed by atoms with Crippen molar-refractivity contribution in [1.82, 2.24) is 10.5 Å². The Morgan fingerprint density at radius 2 is 1.93 bits per heavy atom. The van der Waals surface area contributed by atoms with Gasteiger partial charge in [0.1, 0.15) is 23.9 Å². The highest BCUT2D eigenvalue weighted by atomic mass is 32.2. The number of hydrogen-bond acceptors (Lipinski definition) is 7. The molecule has 1 aromatic heterocycles. The van der Waals surface area contributed by atoms with Gasteiger partial charge in [-0.2, -0.15) is 0 Å². The number of methoxy groups -OCH3 is 1. The molecule has 0 saturated heterocycles. The number of rotatable bonds is 10. The Morgan fingerprint density at radius 1 is 1.26 bits per heavy atom. The fourth-order valence-electron chi connectivity index (χ4n) is 2.24. The first-order valence-corrected chi connectivity index (χ1v) is 10.1. The summed E-state index contributed by atoms with van der Waals surface area (Å²) in [7, 11) is -1.99. The maximum Gasteiger partial charge on any atom is 0.233 e. The Labute approximate surface area is 158 Å². The summed E-state index contributed by atoms with van der Waals surface area (Å²) in [6, 6.07) is 8.59. The summed E-state index contributed by atoms with van der Waals surface area (Å²) >= 11 is 0. The zero-order valence-electron chi connectivity index (χ0n) is 15.5. The maximum absolute atomic E-state index is 12.0. The number of amides is 1. The van der Waals surface area contributed by atoms with Crippen LogP contribution in [0.4, 0.5) is 5.82 Å². The molecule has 0 aliphatic carbocycles. The molecule has 0 atom stereocenters. The van der Waals surface area contributed by atoms with E-state index in [1.54, 1.807) is 38.3 Å². The molecule has 0 saturated carbocycles. The summed E-state index contributed by atoms with van der Waals surface area (Å²) in [5.41, 5.74) is 0. The van der Waals surface area contributed by atoms with Gasteiger partial charge in [-0.3, -0.25) is 9.10 Å². The first-order valence-electron chi connectivity index (χ1n) is 8.24. The van der Waals surface area contributed by atoms with Gasteiger partial charge in [-0.1, -0.05) is 5.16 Å². The molecular weight excluding hydrogens is 374 g/mol. The minimum atomic E-state index is -3.57. The van der Waals surface area contributed by atoms with Gasteiger partial charge in [0.2, 0.25) is 15.9 Å². The van der Waals surface area contributed by atoms with E-state index in [4.69, 9.17) is 14.0 Å². The molecule has 10 heteroatoms. The molecule has 0 aliphatic heterocycles. The molecule has 0 fully saturated rings. The van der Waals surface area contributed by atoms with E-state index in [2.05, 4.69) is 10.5 Å². The number of aryl methyl sites for hydroxylation is 1. The molecule has 1 heterocycles. The number of ether oxygens (including phenoxy) is 2. The summed E-state index contributed by atoms with van der Waals surface area (Å²) in [5, 5.41) is 6.38. The van der Waals surface area contributed by atoms with Crippen molar-refractivity contribution >= 4 is 21.7 Å². The monoisotopic (exact) mass is 397 g/mol. The van der Waals surface area contributed by atoms with Gasteiger partial charge in [0.15, 0.2) is 5.82 Å². The van der Waals surface area contributed by atoms with Crippen LogP contribution >= 0.6 is 0 Å². The second-order valence-corrected chi connectivity index (χ2v) is 7.66. The average Bonchev–Trinajstić information content (AvgIpc) is 3.04. The Morgan fingerprint density at radius 3 is 2.48 bits per heavy atom. The highest BCUT2D eigenvalue weighted by Crippen LogP contribution is 2.18. The summed E-state index contributed by atoms with van der Waals surface area (Å²) in [6.07, 6.45) is 1.04. The van der Waals surface area contributed by atoms with E-state index in [9.17, 15) is 13.2 Å². The van der Waals surface area contributed by atoms with Crippen LogP contribution in [-0.2, 0) is 14.8 Å². The highest BCUT2D eigenvalue weighted by molar-refractivity contribution is 7.92. The molecule has 2 rings (SSSR count). The van der Waals surface area contributed by atoms with Crippen molar-refractivity contribution in [2.24, 2.45) is 0 Å². The molecule has 0 bridgehead atoms. The fraction of sp³-hybridized carbons (Fsp3) is 0.412. The van der Waals surface area contributed by atoms with Gasteiger partial charge in [-0.05, 0) is 31.2 Å². The number of nitrogens with zero attached hydrogens (tertiary/aromatic N) is 2. The van der Waals surface area contributed by atoms with Crippen molar-refractivity contribution < 1.29 is 27.2 Å². The van der Waals surface area contributed by atoms with Crippen LogP contribution in [0.1, 0.15) is 12.2 Å². The first-order chi connectivity index (χ1) is 12.8. The van der Waals surface area contributed by atoms with Gasteiger partial charge in [-0.25, -0.2) is 8.42 Å². The van der Waals surface area contributed by atoms with Crippen LogP contribution < -0.4 is 19.1 Å². The van der Waals surface area contributed by atoms with Gasteiger partial charge in [-0.15, -0.1) is 0 Å². The van der Waals surface area contributed by atoms with Crippen molar-refractivity contribution in [3.63, 3.8) is 0 Å². The van der Waals surface area contributed by atoms with Crippen LogP contribution in [0.3, 0.4) is 0 Å². The van der Waals surface area contributed by atoms with E-state index in [1.165, 1.54) is 6.07 Å². The number of carbonyl (C=O) groups excluding carboxylic acids is 1. The maximum atomic E-state index is 12.0. The molecule has 0 aliphatic rings. The van der Waals surface area contributed by atoms with E-state index in [0.717, 1.165) is 16.3 Å². The Hall–Kier alpha value is -2.75. The minimum Gasteiger partial charge on any atom is -0.497 e. The zero-order chi connectivity index (χ0) is 19.9. The molecule has 9 nitrogen and oxygen atoms in total. The smallest absolute Gasteiger partial charge is 0.233 e. The quantitative estimate of drug-likeness (QED) is 0.602. The molecule has 2 aromatic rings. The van der Waals surface area contributed by atoms with E-state index in [1.807, 2.05) is 0 Å². The molecule has 27 heavy (non-hydrogen) atoms. The van der Waals surface area contributed by atoms with Crippen LogP contribution in [0.25, 0.3) is 0 Å². The van der Waals surface area contributed by atoms with E-state index >= 15 is 0 Å². The molecule has 148 valence electrons. The van der Waals surface area contributed by atoms with Crippen LogP contribution in [-0.4, -0.2) is 52.5 Å². The summed E-state index contributed by atoms with van der Waals surface area (Å²) < 4.78 is 40.3. The van der Waals surface area contributed by atoms with E-state index < -0.39 is 10.0 Å². The zero-order valence-corrected chi connectivity index (χ0v) is 16.3. The predicted octanol–water partition coefficient (Wildman–Crippen LogP) is 1.34. The molecule has 0 spiro atoms. The Bertz CT molecular complexity index is 848. The third-order valence-electron chi connectivity index (χ3n) is 3.57. The minimum absolute atomic E-state index is 0.0124. The number of benzene rings is 1. The number of anilines is 1. The Balaban J connectivity index is 1.75. The van der Waals surface area contributed by atoms with Gasteiger partial charge >= 0.3 is 0 Å². The normalized spacial score (nSPS) is 11.1. The summed E-state index contributed by atoms with van der Waals surface area (Å²) in [6.45, 7) is 2.21. The number of sulfonamides is 1. The lowest BCUT2D eigenvalue weighted by molar-refractivity contribution is -0.120. The number of aromatic nitrogens is 1. The summed E-state index contributed by atoms with van der Waals surface area (Å²) in [4.78, 5) is 12.0. The SMILES string of the molecule is COc1ccc(OCCNC(=O)CCN(c2cc(C)on2)S(C)(=O)=O)cc1. The fourth-order valence-corrected chi connectivity index (χ4v) is 3.09. The third kappa shape index (κ3) is 6.48. The lowest BCUT2D eigenvalue weighted by Crippen LogP contribution is -2.35. The second kappa shape index (κ2) is 9.26. The van der Waals surface area contributed by atoms with E-state index in [0.29, 0.717) is 18.1 Å².